The number of imide groups is 1. The third kappa shape index (κ3) is 4.49. The van der Waals surface area contributed by atoms with Crippen molar-refractivity contribution in [1.29, 1.82) is 0 Å². The molecule has 1 N–H and O–H groups in total. The maximum absolute atomic E-state index is 12.4. The van der Waals surface area contributed by atoms with Gasteiger partial charge in [-0.05, 0) is 53.5 Å². The zero-order valence-corrected chi connectivity index (χ0v) is 16.8. The summed E-state index contributed by atoms with van der Waals surface area (Å²) in [5, 5.41) is 4.03. The maximum Gasteiger partial charge on any atom is 0.294 e. The molecule has 0 spiro atoms. The van der Waals surface area contributed by atoms with Crippen molar-refractivity contribution < 1.29 is 19.2 Å². The number of benzene rings is 1. The largest absolute Gasteiger partial charge is 0.345 e. The molecule has 1 saturated heterocycles. The van der Waals surface area contributed by atoms with Crippen molar-refractivity contribution in [3.05, 3.63) is 57.1 Å². The van der Waals surface area contributed by atoms with E-state index in [0.29, 0.717) is 16.2 Å². The minimum absolute atomic E-state index is 0.145. The standard InChI is InChI=1S/C19H17N3O4S2/c1-21(2)17(24)12-5-7-13(8-6-12)20-16(23)11-22-18(25)15(28-19(22)26)10-14-4-3-9-27-14/h3-10H,11H2,1-2H3,(H,20,23)/b15-10-. The van der Waals surface area contributed by atoms with Crippen LogP contribution in [0.25, 0.3) is 6.08 Å². The zero-order valence-electron chi connectivity index (χ0n) is 15.2. The van der Waals surface area contributed by atoms with E-state index in [9.17, 15) is 19.2 Å². The highest BCUT2D eigenvalue weighted by Crippen LogP contribution is 2.32. The minimum Gasteiger partial charge on any atom is -0.345 e. The summed E-state index contributed by atoms with van der Waals surface area (Å²) in [7, 11) is 3.31. The van der Waals surface area contributed by atoms with Gasteiger partial charge in [-0.3, -0.25) is 24.1 Å². The van der Waals surface area contributed by atoms with Crippen LogP contribution in [0.3, 0.4) is 0 Å². The van der Waals surface area contributed by atoms with Gasteiger partial charge in [0.15, 0.2) is 0 Å². The van der Waals surface area contributed by atoms with Gasteiger partial charge in [0.2, 0.25) is 5.91 Å². The van der Waals surface area contributed by atoms with Gasteiger partial charge in [0.25, 0.3) is 17.1 Å². The summed E-state index contributed by atoms with van der Waals surface area (Å²) in [5.74, 6) is -1.12. The first-order valence-electron chi connectivity index (χ1n) is 8.25. The van der Waals surface area contributed by atoms with Crippen molar-refractivity contribution in [3.8, 4) is 0 Å². The van der Waals surface area contributed by atoms with Crippen LogP contribution in [0.1, 0.15) is 15.2 Å². The molecule has 2 heterocycles. The lowest BCUT2D eigenvalue weighted by atomic mass is 10.2. The molecule has 0 unspecified atom stereocenters. The number of nitrogens with zero attached hydrogens (tertiary/aromatic N) is 2. The van der Waals surface area contributed by atoms with Gasteiger partial charge < -0.3 is 10.2 Å². The van der Waals surface area contributed by atoms with E-state index in [0.717, 1.165) is 21.5 Å². The van der Waals surface area contributed by atoms with Crippen LogP contribution >= 0.6 is 23.1 Å². The molecule has 1 fully saturated rings. The van der Waals surface area contributed by atoms with E-state index in [-0.39, 0.29) is 12.5 Å². The third-order valence-electron chi connectivity index (χ3n) is 3.81. The third-order valence-corrected chi connectivity index (χ3v) is 5.54. The van der Waals surface area contributed by atoms with Gasteiger partial charge in [0, 0.05) is 30.2 Å². The Morgan fingerprint density at radius 3 is 2.46 bits per heavy atom. The zero-order chi connectivity index (χ0) is 20.3. The molecule has 0 bridgehead atoms. The molecule has 0 saturated carbocycles. The van der Waals surface area contributed by atoms with Crippen molar-refractivity contribution >= 4 is 57.8 Å². The average molecular weight is 415 g/mol. The van der Waals surface area contributed by atoms with Crippen LogP contribution in [0, 0.1) is 0 Å². The normalized spacial score (nSPS) is 15.2. The fraction of sp³-hybridized carbons (Fsp3) is 0.158. The second-order valence-corrected chi connectivity index (χ2v) is 8.08. The van der Waals surface area contributed by atoms with Crippen LogP contribution in [-0.4, -0.2) is 53.4 Å². The highest BCUT2D eigenvalue weighted by molar-refractivity contribution is 8.18. The Balaban J connectivity index is 1.62. The molecule has 0 atom stereocenters. The SMILES string of the molecule is CN(C)C(=O)c1ccc(NC(=O)CN2C(=O)S/C(=C\c3cccs3)C2=O)cc1. The lowest BCUT2D eigenvalue weighted by molar-refractivity contribution is -0.127. The molecule has 0 aliphatic carbocycles. The van der Waals surface area contributed by atoms with Crippen LogP contribution < -0.4 is 5.32 Å². The van der Waals surface area contributed by atoms with Gasteiger partial charge in [0.1, 0.15) is 6.54 Å². The molecule has 1 aliphatic heterocycles. The Kier molecular flexibility index (Phi) is 5.96. The number of amides is 4. The molecule has 9 heteroatoms. The van der Waals surface area contributed by atoms with E-state index < -0.39 is 17.1 Å². The molecule has 1 aromatic heterocycles. The highest BCUT2D eigenvalue weighted by Gasteiger charge is 2.36. The fourth-order valence-corrected chi connectivity index (χ4v) is 4.00. The van der Waals surface area contributed by atoms with E-state index in [4.69, 9.17) is 0 Å². The molecular formula is C19H17N3O4S2. The Bertz CT molecular complexity index is 950. The number of anilines is 1. The Morgan fingerprint density at radius 2 is 1.86 bits per heavy atom. The molecule has 3 rings (SSSR count). The molecule has 1 aromatic carbocycles. The fourth-order valence-electron chi connectivity index (χ4n) is 2.44. The molecule has 0 radical (unpaired) electrons. The summed E-state index contributed by atoms with van der Waals surface area (Å²) in [6.07, 6.45) is 1.65. The smallest absolute Gasteiger partial charge is 0.294 e. The van der Waals surface area contributed by atoms with Crippen molar-refractivity contribution in [3.63, 3.8) is 0 Å². The molecule has 4 amide bonds. The number of rotatable bonds is 5. The van der Waals surface area contributed by atoms with E-state index in [1.165, 1.54) is 16.2 Å². The van der Waals surface area contributed by atoms with Gasteiger partial charge in [0.05, 0.1) is 4.91 Å². The summed E-state index contributed by atoms with van der Waals surface area (Å²) in [6, 6.07) is 10.1. The van der Waals surface area contributed by atoms with Gasteiger partial charge in [-0.25, -0.2) is 0 Å². The van der Waals surface area contributed by atoms with Crippen molar-refractivity contribution in [2.75, 3.05) is 26.0 Å². The van der Waals surface area contributed by atoms with E-state index >= 15 is 0 Å². The number of hydrogen-bond acceptors (Lipinski definition) is 6. The number of nitrogens with one attached hydrogen (secondary N) is 1. The van der Waals surface area contributed by atoms with E-state index in [2.05, 4.69) is 5.32 Å². The van der Waals surface area contributed by atoms with Crippen LogP contribution in [-0.2, 0) is 9.59 Å². The first-order valence-corrected chi connectivity index (χ1v) is 9.95. The predicted octanol–water partition coefficient (Wildman–Crippen LogP) is 3.12. The molecule has 7 nitrogen and oxygen atoms in total. The van der Waals surface area contributed by atoms with Gasteiger partial charge in [-0.2, -0.15) is 0 Å². The first kappa shape index (κ1) is 19.8. The van der Waals surface area contributed by atoms with Gasteiger partial charge >= 0.3 is 0 Å². The quantitative estimate of drug-likeness (QED) is 0.758. The Hall–Kier alpha value is -2.91. The van der Waals surface area contributed by atoms with E-state index in [1.807, 2.05) is 17.5 Å². The monoisotopic (exact) mass is 415 g/mol. The lowest BCUT2D eigenvalue weighted by Gasteiger charge is -2.13. The maximum atomic E-state index is 12.4. The number of carbonyl (C=O) groups excluding carboxylic acids is 4. The summed E-state index contributed by atoms with van der Waals surface area (Å²) < 4.78 is 0. The topological polar surface area (TPSA) is 86.8 Å². The van der Waals surface area contributed by atoms with Crippen LogP contribution in [0.4, 0.5) is 10.5 Å². The van der Waals surface area contributed by atoms with Crippen molar-refractivity contribution in [2.45, 2.75) is 0 Å². The second-order valence-electron chi connectivity index (χ2n) is 6.11. The van der Waals surface area contributed by atoms with Crippen molar-refractivity contribution in [2.24, 2.45) is 0 Å². The minimum atomic E-state index is -0.494. The second kappa shape index (κ2) is 8.41. The van der Waals surface area contributed by atoms with Crippen LogP contribution in [0.15, 0.2) is 46.7 Å². The van der Waals surface area contributed by atoms with Crippen LogP contribution in [0.5, 0.6) is 0 Å². The summed E-state index contributed by atoms with van der Waals surface area (Å²) in [6.45, 7) is -0.370. The van der Waals surface area contributed by atoms with Crippen LogP contribution in [0.2, 0.25) is 0 Å². The molecule has 1 aliphatic rings. The Labute approximate surface area is 170 Å². The molecule has 2 aromatic rings. The predicted molar refractivity (Wildman–Crippen MR) is 110 cm³/mol. The molecule has 28 heavy (non-hydrogen) atoms. The average Bonchev–Trinajstić information content (AvgIpc) is 3.26. The molecule has 144 valence electrons. The summed E-state index contributed by atoms with van der Waals surface area (Å²) >= 11 is 2.28. The summed E-state index contributed by atoms with van der Waals surface area (Å²) in [4.78, 5) is 52.2. The number of thioether (sulfide) groups is 1. The van der Waals surface area contributed by atoms with E-state index in [1.54, 1.807) is 44.4 Å². The van der Waals surface area contributed by atoms with Gasteiger partial charge in [-0.1, -0.05) is 6.07 Å². The summed E-state index contributed by atoms with van der Waals surface area (Å²) in [5.41, 5.74) is 0.967. The number of hydrogen-bond donors (Lipinski definition) is 1. The Morgan fingerprint density at radius 1 is 1.14 bits per heavy atom. The number of thiophene rings is 1. The highest BCUT2D eigenvalue weighted by atomic mass is 32.2. The lowest BCUT2D eigenvalue weighted by Crippen LogP contribution is -2.36. The van der Waals surface area contributed by atoms with Gasteiger partial charge in [-0.15, -0.1) is 11.3 Å². The van der Waals surface area contributed by atoms with Crippen molar-refractivity contribution in [1.82, 2.24) is 9.80 Å². The molecular weight excluding hydrogens is 398 g/mol. The first-order chi connectivity index (χ1) is 13.3. The number of carbonyl (C=O) groups is 4.